The van der Waals surface area contributed by atoms with E-state index < -0.39 is 5.97 Å². The number of nitrogens with one attached hydrogen (secondary N) is 1. The Morgan fingerprint density at radius 2 is 2.07 bits per heavy atom. The summed E-state index contributed by atoms with van der Waals surface area (Å²) in [5.74, 6) is -0.783. The number of ketones is 1. The van der Waals surface area contributed by atoms with E-state index in [0.717, 1.165) is 24.1 Å². The first kappa shape index (κ1) is 17.9. The molecule has 1 aromatic carbocycles. The van der Waals surface area contributed by atoms with Crippen molar-refractivity contribution in [2.75, 3.05) is 13.2 Å². The van der Waals surface area contributed by atoms with Crippen molar-refractivity contribution in [1.29, 1.82) is 0 Å². The highest BCUT2D eigenvalue weighted by atomic mass is 19.1. The fourth-order valence-electron chi connectivity index (χ4n) is 4.02. The van der Waals surface area contributed by atoms with Gasteiger partial charge in [-0.15, -0.1) is 0 Å². The van der Waals surface area contributed by atoms with Crippen LogP contribution in [0, 0.1) is 12.7 Å². The first-order valence-corrected chi connectivity index (χ1v) is 9.31. The van der Waals surface area contributed by atoms with E-state index >= 15 is 0 Å². The van der Waals surface area contributed by atoms with Crippen LogP contribution >= 0.6 is 0 Å². The van der Waals surface area contributed by atoms with Crippen molar-refractivity contribution < 1.29 is 23.5 Å². The molecule has 4 rings (SSSR count). The topological polar surface area (TPSA) is 68.4 Å². The van der Waals surface area contributed by atoms with Gasteiger partial charge in [0, 0.05) is 24.3 Å². The van der Waals surface area contributed by atoms with Gasteiger partial charge in [0.1, 0.15) is 18.1 Å². The summed E-state index contributed by atoms with van der Waals surface area (Å²) < 4.78 is 24.0. The zero-order valence-corrected chi connectivity index (χ0v) is 15.2. The Morgan fingerprint density at radius 3 is 2.78 bits per heavy atom. The zero-order valence-electron chi connectivity index (χ0n) is 15.2. The van der Waals surface area contributed by atoms with Crippen LogP contribution in [-0.2, 0) is 15.9 Å². The maximum Gasteiger partial charge on any atom is 0.355 e. The number of carbonyl (C=O) groups excluding carboxylic acids is 2. The zero-order chi connectivity index (χ0) is 19.0. The predicted octanol–water partition coefficient (Wildman–Crippen LogP) is 3.71. The molecule has 0 bridgehead atoms. The minimum absolute atomic E-state index is 0.00231. The van der Waals surface area contributed by atoms with Gasteiger partial charge >= 0.3 is 5.97 Å². The highest BCUT2D eigenvalue weighted by Gasteiger charge is 2.32. The predicted molar refractivity (Wildman–Crippen MR) is 96.6 cm³/mol. The molecular weight excluding hydrogens is 349 g/mol. The largest absolute Gasteiger partial charge is 0.458 e. The van der Waals surface area contributed by atoms with Crippen molar-refractivity contribution in [3.63, 3.8) is 0 Å². The van der Waals surface area contributed by atoms with Crippen molar-refractivity contribution in [1.82, 2.24) is 4.98 Å². The summed E-state index contributed by atoms with van der Waals surface area (Å²) in [7, 11) is 0. The standard InChI is InChI=1S/C21H22FNO4/c1-12-19-17(23-20(12)21(25)27-11-16-3-2-8-26-16)9-14(10-18(19)24)13-4-6-15(22)7-5-13/h4-7,14,16,23H,2-3,8-11H2,1H3. The van der Waals surface area contributed by atoms with Crippen molar-refractivity contribution in [2.24, 2.45) is 0 Å². The van der Waals surface area contributed by atoms with E-state index in [1.807, 2.05) is 0 Å². The van der Waals surface area contributed by atoms with E-state index in [2.05, 4.69) is 4.98 Å². The Hall–Kier alpha value is -2.47. The summed E-state index contributed by atoms with van der Waals surface area (Å²) in [6.45, 7) is 2.71. The fraction of sp³-hybridized carbons (Fsp3) is 0.429. The van der Waals surface area contributed by atoms with Crippen LogP contribution in [0.2, 0.25) is 0 Å². The second kappa shape index (κ2) is 7.27. The molecule has 1 saturated heterocycles. The lowest BCUT2D eigenvalue weighted by molar-refractivity contribution is 0.0156. The van der Waals surface area contributed by atoms with Gasteiger partial charge in [0.05, 0.1) is 6.10 Å². The molecule has 0 spiro atoms. The molecule has 2 aromatic rings. The molecule has 5 nitrogen and oxygen atoms in total. The average molecular weight is 371 g/mol. The lowest BCUT2D eigenvalue weighted by Gasteiger charge is -2.22. The van der Waals surface area contributed by atoms with Gasteiger partial charge in [0.2, 0.25) is 0 Å². The number of ether oxygens (including phenoxy) is 2. The van der Waals surface area contributed by atoms with Gasteiger partial charge in [0.25, 0.3) is 0 Å². The number of hydrogen-bond acceptors (Lipinski definition) is 4. The van der Waals surface area contributed by atoms with Gasteiger partial charge in [-0.05, 0) is 55.4 Å². The van der Waals surface area contributed by atoms with E-state index in [1.54, 1.807) is 19.1 Å². The van der Waals surface area contributed by atoms with Crippen LogP contribution in [0.1, 0.15) is 62.8 Å². The van der Waals surface area contributed by atoms with Crippen LogP contribution in [0.15, 0.2) is 24.3 Å². The van der Waals surface area contributed by atoms with Gasteiger partial charge in [-0.3, -0.25) is 4.79 Å². The number of H-pyrrole nitrogens is 1. The molecule has 1 aliphatic carbocycles. The summed E-state index contributed by atoms with van der Waals surface area (Å²) in [6, 6.07) is 6.24. The molecule has 142 valence electrons. The molecule has 1 aliphatic heterocycles. The molecule has 1 N–H and O–H groups in total. The number of aromatic amines is 1. The van der Waals surface area contributed by atoms with Gasteiger partial charge in [-0.25, -0.2) is 9.18 Å². The Morgan fingerprint density at radius 1 is 1.30 bits per heavy atom. The minimum Gasteiger partial charge on any atom is -0.458 e. The molecule has 1 aromatic heterocycles. The van der Waals surface area contributed by atoms with Crippen LogP contribution in [0.25, 0.3) is 0 Å². The van der Waals surface area contributed by atoms with Crippen LogP contribution in [0.5, 0.6) is 0 Å². The lowest BCUT2D eigenvalue weighted by Crippen LogP contribution is -2.18. The molecule has 0 radical (unpaired) electrons. The van der Waals surface area contributed by atoms with Crippen LogP contribution in [0.3, 0.4) is 0 Å². The van der Waals surface area contributed by atoms with Crippen molar-refractivity contribution >= 4 is 11.8 Å². The van der Waals surface area contributed by atoms with Crippen molar-refractivity contribution in [3.05, 3.63) is 58.2 Å². The third-order valence-corrected chi connectivity index (χ3v) is 5.46. The number of Topliss-reactive ketones (excluding diaryl/α,β-unsaturated/α-hetero) is 1. The molecule has 0 saturated carbocycles. The first-order chi connectivity index (χ1) is 13.0. The second-order valence-corrected chi connectivity index (χ2v) is 7.29. The Bertz CT molecular complexity index is 865. The average Bonchev–Trinajstić information content (AvgIpc) is 3.28. The molecular formula is C21H22FNO4. The molecule has 2 heterocycles. The van der Waals surface area contributed by atoms with E-state index in [9.17, 15) is 14.0 Å². The van der Waals surface area contributed by atoms with E-state index in [-0.39, 0.29) is 30.2 Å². The number of carbonyl (C=O) groups is 2. The van der Waals surface area contributed by atoms with E-state index in [4.69, 9.17) is 9.47 Å². The van der Waals surface area contributed by atoms with Crippen LogP contribution in [0.4, 0.5) is 4.39 Å². The third-order valence-electron chi connectivity index (χ3n) is 5.46. The van der Waals surface area contributed by atoms with Crippen molar-refractivity contribution in [2.45, 2.75) is 44.6 Å². The molecule has 2 atom stereocenters. The van der Waals surface area contributed by atoms with Crippen LogP contribution in [-0.4, -0.2) is 36.1 Å². The van der Waals surface area contributed by atoms with Gasteiger partial charge in [-0.1, -0.05) is 12.1 Å². The monoisotopic (exact) mass is 371 g/mol. The Balaban J connectivity index is 1.52. The van der Waals surface area contributed by atoms with E-state index in [0.29, 0.717) is 36.3 Å². The molecule has 1 fully saturated rings. The molecule has 27 heavy (non-hydrogen) atoms. The van der Waals surface area contributed by atoms with Crippen molar-refractivity contribution in [3.8, 4) is 0 Å². The Labute approximate surface area is 156 Å². The van der Waals surface area contributed by atoms with Gasteiger partial charge < -0.3 is 14.5 Å². The molecule has 0 amide bonds. The van der Waals surface area contributed by atoms with Gasteiger partial charge in [0.15, 0.2) is 5.78 Å². The summed E-state index contributed by atoms with van der Waals surface area (Å²) in [5.41, 5.74) is 3.25. The third kappa shape index (κ3) is 3.54. The SMILES string of the molecule is Cc1c(C(=O)OCC2CCCO2)[nH]c2c1C(=O)CC(c1ccc(F)cc1)C2. The van der Waals surface area contributed by atoms with Crippen LogP contribution < -0.4 is 0 Å². The number of esters is 1. The van der Waals surface area contributed by atoms with E-state index in [1.165, 1.54) is 12.1 Å². The number of aromatic nitrogens is 1. The molecule has 2 unspecified atom stereocenters. The van der Waals surface area contributed by atoms with Gasteiger partial charge in [-0.2, -0.15) is 0 Å². The Kier molecular flexibility index (Phi) is 4.83. The molecule has 2 aliphatic rings. The summed E-state index contributed by atoms with van der Waals surface area (Å²) in [6.07, 6.45) is 2.79. The minimum atomic E-state index is -0.455. The fourth-order valence-corrected chi connectivity index (χ4v) is 4.02. The second-order valence-electron chi connectivity index (χ2n) is 7.29. The number of benzene rings is 1. The highest BCUT2D eigenvalue weighted by molar-refractivity contribution is 6.03. The summed E-state index contributed by atoms with van der Waals surface area (Å²) in [5, 5.41) is 0. The normalized spacial score (nSPS) is 21.9. The highest BCUT2D eigenvalue weighted by Crippen LogP contribution is 2.35. The summed E-state index contributed by atoms with van der Waals surface area (Å²) >= 11 is 0. The quantitative estimate of drug-likeness (QED) is 0.832. The summed E-state index contributed by atoms with van der Waals surface area (Å²) in [4.78, 5) is 28.3. The first-order valence-electron chi connectivity index (χ1n) is 9.31. The lowest BCUT2D eigenvalue weighted by atomic mass is 9.81. The number of fused-ring (bicyclic) bond motifs is 1. The number of halogens is 1. The maximum absolute atomic E-state index is 13.2. The smallest absolute Gasteiger partial charge is 0.355 e. The molecule has 6 heteroatoms. The maximum atomic E-state index is 13.2. The number of hydrogen-bond donors (Lipinski definition) is 1. The number of rotatable bonds is 4.